The molecule has 284 valence electrons. The van der Waals surface area contributed by atoms with Gasteiger partial charge in [-0.1, -0.05) is 272 Å². The molecule has 0 nitrogen and oxygen atoms in total. The van der Waals surface area contributed by atoms with E-state index in [-0.39, 0.29) is 0 Å². The van der Waals surface area contributed by atoms with Gasteiger partial charge in [0, 0.05) is 0 Å². The molecule has 47 heavy (non-hydrogen) atoms. The third-order valence-electron chi connectivity index (χ3n) is 11.1. The maximum Gasteiger partial charge on any atom is -0.0263 e. The molecule has 2 unspecified atom stereocenters. The fourth-order valence-electron chi connectivity index (χ4n) is 7.71. The van der Waals surface area contributed by atoms with Crippen LogP contribution in [0.25, 0.3) is 0 Å². The zero-order valence-electron chi connectivity index (χ0n) is 33.9. The molecule has 0 aromatic rings. The Morgan fingerprint density at radius 3 is 0.553 bits per heavy atom. The second kappa shape index (κ2) is 42.6. The Hall–Kier alpha value is 0.430. The number of hydrogen-bond acceptors (Lipinski definition) is 0. The van der Waals surface area contributed by atoms with Crippen molar-refractivity contribution < 1.29 is 0 Å². The third kappa shape index (κ3) is 42.5. The van der Waals surface area contributed by atoms with E-state index in [9.17, 15) is 0 Å². The van der Waals surface area contributed by atoms with Gasteiger partial charge in [0.25, 0.3) is 0 Å². The predicted molar refractivity (Wildman–Crippen MR) is 223 cm³/mol. The summed E-state index contributed by atoms with van der Waals surface area (Å²) in [6.45, 7) is 9.71. The first kappa shape index (κ1) is 47.4. The zero-order chi connectivity index (χ0) is 34.1. The average molecular weight is 679 g/mol. The van der Waals surface area contributed by atoms with Gasteiger partial charge in [-0.3, -0.25) is 0 Å². The zero-order valence-corrected chi connectivity index (χ0v) is 34.9. The van der Waals surface area contributed by atoms with Crippen molar-refractivity contribution in [2.75, 3.05) is 0 Å². The molecule has 0 aliphatic rings. The molecule has 0 aliphatic carbocycles. The molecule has 0 fully saturated rings. The predicted octanol–water partition coefficient (Wildman–Crippen LogP) is 18.1. The van der Waals surface area contributed by atoms with E-state index in [1.807, 2.05) is 0 Å². The van der Waals surface area contributed by atoms with Crippen molar-refractivity contribution in [3.05, 3.63) is 0 Å². The summed E-state index contributed by atoms with van der Waals surface area (Å²) in [5.74, 6) is 0. The minimum atomic E-state index is 0.969. The van der Waals surface area contributed by atoms with Gasteiger partial charge < -0.3 is 0 Å². The molecule has 0 N–H and O–H groups in total. The highest BCUT2D eigenvalue weighted by atomic mass is 31.1. The Kier molecular flexibility index (Phi) is 43.0. The highest BCUT2D eigenvalue weighted by Gasteiger charge is 2.08. The van der Waals surface area contributed by atoms with Gasteiger partial charge in [0.05, 0.1) is 0 Å². The molecule has 0 saturated carbocycles. The summed E-state index contributed by atoms with van der Waals surface area (Å²) in [6, 6.07) is 0. The molecule has 0 aromatic carbocycles. The maximum atomic E-state index is 2.54. The minimum Gasteiger partial charge on any atom is -0.116 e. The van der Waals surface area contributed by atoms with E-state index in [4.69, 9.17) is 0 Å². The van der Waals surface area contributed by atoms with Crippen molar-refractivity contribution in [3.8, 4) is 0 Å². The van der Waals surface area contributed by atoms with Crippen LogP contribution >= 0.6 is 8.58 Å². The second-order valence-corrected chi connectivity index (χ2v) is 18.6. The Morgan fingerprint density at radius 2 is 0.383 bits per heavy atom. The molecule has 0 radical (unpaired) electrons. The molecule has 0 rings (SSSR count). The van der Waals surface area contributed by atoms with E-state index in [2.05, 4.69) is 27.7 Å². The lowest BCUT2D eigenvalue weighted by atomic mass is 10.0. The molecule has 0 spiro atoms. The molecule has 1 heteroatoms. The smallest absolute Gasteiger partial charge is 0.0263 e. The lowest BCUT2D eigenvalue weighted by molar-refractivity contribution is 0.521. The van der Waals surface area contributed by atoms with Gasteiger partial charge in [0.2, 0.25) is 0 Å². The summed E-state index contributed by atoms with van der Waals surface area (Å²) in [4.78, 5) is 0. The molecule has 0 aromatic heterocycles. The van der Waals surface area contributed by atoms with E-state index in [0.717, 1.165) is 11.3 Å². The first-order valence-electron chi connectivity index (χ1n) is 23.0. The summed E-state index contributed by atoms with van der Waals surface area (Å²) in [5, 5.41) is 0. The average Bonchev–Trinajstić information content (AvgIpc) is 3.06. The van der Waals surface area contributed by atoms with Gasteiger partial charge in [-0.25, -0.2) is 0 Å². The van der Waals surface area contributed by atoms with Crippen molar-refractivity contribution >= 4 is 8.58 Å². The standard InChI is InChI=1S/C46H95P/c1-5-7-9-11-13-15-17-19-21-23-25-27-29-31-33-35-37-39-41-43-45(3)47-46(4)44-42-40-38-36-34-32-30-28-26-24-22-20-18-16-14-12-10-8-6-2/h45-47H,5-44H2,1-4H3. The van der Waals surface area contributed by atoms with Crippen molar-refractivity contribution in [2.24, 2.45) is 0 Å². The van der Waals surface area contributed by atoms with E-state index in [1.165, 1.54) is 265 Å². The lowest BCUT2D eigenvalue weighted by Crippen LogP contribution is -2.02. The van der Waals surface area contributed by atoms with E-state index >= 15 is 0 Å². The molecule has 2 atom stereocenters. The first-order chi connectivity index (χ1) is 23.2. The molecule has 0 amide bonds. The molecular weight excluding hydrogens is 583 g/mol. The Labute approximate surface area is 303 Å². The number of rotatable bonds is 42. The lowest BCUT2D eigenvalue weighted by Gasteiger charge is -2.17. The highest BCUT2D eigenvalue weighted by Crippen LogP contribution is 2.32. The van der Waals surface area contributed by atoms with Crippen molar-refractivity contribution in [3.63, 3.8) is 0 Å². The van der Waals surface area contributed by atoms with E-state index in [0.29, 0.717) is 0 Å². The summed E-state index contributed by atoms with van der Waals surface area (Å²) in [7, 11) is 1.20. The highest BCUT2D eigenvalue weighted by molar-refractivity contribution is 7.39. The van der Waals surface area contributed by atoms with Gasteiger partial charge in [-0.2, -0.15) is 0 Å². The molecule has 0 heterocycles. The van der Waals surface area contributed by atoms with Gasteiger partial charge in [0.15, 0.2) is 0 Å². The van der Waals surface area contributed by atoms with E-state index in [1.54, 1.807) is 0 Å². The summed E-state index contributed by atoms with van der Waals surface area (Å²) in [6.07, 6.45) is 59.2. The Balaban J connectivity index is 3.24. The van der Waals surface area contributed by atoms with Gasteiger partial charge >= 0.3 is 0 Å². The van der Waals surface area contributed by atoms with Crippen molar-refractivity contribution in [1.29, 1.82) is 0 Å². The SMILES string of the molecule is CCCCCCCCCCCCCCCCCCCCCC(C)PC(C)CCCCCCCCCCCCCCCCCCCCC. The third-order valence-corrected chi connectivity index (χ3v) is 12.8. The monoisotopic (exact) mass is 679 g/mol. The van der Waals surface area contributed by atoms with Crippen LogP contribution < -0.4 is 0 Å². The molecule has 0 bridgehead atoms. The normalized spacial score (nSPS) is 13.3. The van der Waals surface area contributed by atoms with Crippen LogP contribution in [-0.4, -0.2) is 11.3 Å². The fraction of sp³-hybridized carbons (Fsp3) is 1.00. The quantitative estimate of drug-likeness (QED) is 0.0445. The maximum absolute atomic E-state index is 2.54. The largest absolute Gasteiger partial charge is 0.116 e. The Bertz CT molecular complexity index is 483. The van der Waals surface area contributed by atoms with Crippen LogP contribution in [0.3, 0.4) is 0 Å². The van der Waals surface area contributed by atoms with Crippen LogP contribution in [0.5, 0.6) is 0 Å². The fourth-order valence-corrected chi connectivity index (χ4v) is 9.42. The minimum absolute atomic E-state index is 0.969. The Morgan fingerprint density at radius 1 is 0.234 bits per heavy atom. The van der Waals surface area contributed by atoms with Crippen LogP contribution in [-0.2, 0) is 0 Å². The molecule has 0 saturated heterocycles. The topological polar surface area (TPSA) is 0 Å². The van der Waals surface area contributed by atoms with Gasteiger partial charge in [-0.05, 0) is 24.2 Å². The van der Waals surface area contributed by atoms with Crippen molar-refractivity contribution in [2.45, 2.75) is 296 Å². The van der Waals surface area contributed by atoms with Crippen LogP contribution in [0.1, 0.15) is 285 Å². The van der Waals surface area contributed by atoms with Gasteiger partial charge in [0.1, 0.15) is 0 Å². The number of unbranched alkanes of at least 4 members (excludes halogenated alkanes) is 36. The van der Waals surface area contributed by atoms with Crippen molar-refractivity contribution in [1.82, 2.24) is 0 Å². The first-order valence-corrected chi connectivity index (χ1v) is 24.1. The van der Waals surface area contributed by atoms with Crippen LogP contribution in [0.2, 0.25) is 0 Å². The van der Waals surface area contributed by atoms with Crippen LogP contribution in [0.15, 0.2) is 0 Å². The van der Waals surface area contributed by atoms with E-state index < -0.39 is 0 Å². The number of hydrogen-bond donors (Lipinski definition) is 0. The van der Waals surface area contributed by atoms with Gasteiger partial charge in [-0.15, -0.1) is 8.58 Å². The molecule has 0 aliphatic heterocycles. The summed E-state index contributed by atoms with van der Waals surface area (Å²) >= 11 is 0. The van der Waals surface area contributed by atoms with Crippen LogP contribution in [0, 0.1) is 0 Å². The summed E-state index contributed by atoms with van der Waals surface area (Å²) < 4.78 is 0. The molecular formula is C46H95P. The summed E-state index contributed by atoms with van der Waals surface area (Å²) in [5.41, 5.74) is 1.94. The van der Waals surface area contributed by atoms with Crippen LogP contribution in [0.4, 0.5) is 0 Å². The second-order valence-electron chi connectivity index (χ2n) is 16.3.